The van der Waals surface area contributed by atoms with E-state index in [1.165, 1.54) is 16.3 Å². The van der Waals surface area contributed by atoms with E-state index in [1.807, 2.05) is 18.2 Å². The van der Waals surface area contributed by atoms with Crippen LogP contribution in [0, 0.1) is 3.57 Å². The molecule has 0 spiro atoms. The second kappa shape index (κ2) is 9.42. The summed E-state index contributed by atoms with van der Waals surface area (Å²) in [5.41, 5.74) is 1.62. The molecule has 0 N–H and O–H groups in total. The first kappa shape index (κ1) is 21.9. The fourth-order valence-corrected chi connectivity index (χ4v) is 4.57. The maximum Gasteiger partial charge on any atom is 0.266 e. The zero-order chi connectivity index (χ0) is 22.0. The van der Waals surface area contributed by atoms with Crippen molar-refractivity contribution in [1.82, 2.24) is 9.55 Å². The monoisotopic (exact) mass is 562 g/mol. The first-order chi connectivity index (χ1) is 15.0. The van der Waals surface area contributed by atoms with E-state index in [9.17, 15) is 9.59 Å². The van der Waals surface area contributed by atoms with Gasteiger partial charge in [-0.1, -0.05) is 23.4 Å². The Bertz CT molecular complexity index is 1320. The molecule has 0 bridgehead atoms. The molecule has 8 heteroatoms. The largest absolute Gasteiger partial charge is 0.497 e. The summed E-state index contributed by atoms with van der Waals surface area (Å²) in [5.74, 6) is 0.757. The van der Waals surface area contributed by atoms with Gasteiger partial charge < -0.3 is 4.74 Å². The molecule has 31 heavy (non-hydrogen) atoms. The van der Waals surface area contributed by atoms with E-state index in [-0.39, 0.29) is 17.1 Å². The second-order valence-electron chi connectivity index (χ2n) is 6.61. The van der Waals surface area contributed by atoms with Crippen molar-refractivity contribution in [3.8, 4) is 11.4 Å². The summed E-state index contributed by atoms with van der Waals surface area (Å²) in [6.07, 6.45) is 0. The highest BCUT2D eigenvalue weighted by molar-refractivity contribution is 14.1. The lowest BCUT2D eigenvalue weighted by molar-refractivity contribution is 0.102. The van der Waals surface area contributed by atoms with Gasteiger partial charge >= 0.3 is 0 Å². The van der Waals surface area contributed by atoms with Crippen molar-refractivity contribution in [3.05, 3.63) is 91.2 Å². The summed E-state index contributed by atoms with van der Waals surface area (Å²) >= 11 is 9.31. The number of Topliss-reactive ketones (excluding diaryl/α,β-unsaturated/α-hetero) is 1. The fourth-order valence-electron chi connectivity index (χ4n) is 3.04. The van der Waals surface area contributed by atoms with Crippen LogP contribution in [0.5, 0.6) is 5.75 Å². The molecular weight excluding hydrogens is 547 g/mol. The van der Waals surface area contributed by atoms with Crippen molar-refractivity contribution >= 4 is 62.6 Å². The molecule has 0 saturated carbocycles. The molecule has 0 aliphatic rings. The highest BCUT2D eigenvalue weighted by atomic mass is 127. The molecule has 1 aromatic heterocycles. The minimum atomic E-state index is -0.185. The molecule has 0 unspecified atom stereocenters. The van der Waals surface area contributed by atoms with Crippen LogP contribution < -0.4 is 10.3 Å². The van der Waals surface area contributed by atoms with Gasteiger partial charge in [-0.15, -0.1) is 0 Å². The van der Waals surface area contributed by atoms with Crippen molar-refractivity contribution in [3.63, 3.8) is 0 Å². The summed E-state index contributed by atoms with van der Waals surface area (Å²) < 4.78 is 7.71. The minimum Gasteiger partial charge on any atom is -0.497 e. The number of benzene rings is 3. The Morgan fingerprint density at radius 1 is 1.10 bits per heavy atom. The smallest absolute Gasteiger partial charge is 0.266 e. The highest BCUT2D eigenvalue weighted by Crippen LogP contribution is 2.24. The van der Waals surface area contributed by atoms with E-state index < -0.39 is 0 Å². The van der Waals surface area contributed by atoms with Gasteiger partial charge in [-0.3, -0.25) is 14.2 Å². The fraction of sp³-hybridized carbons (Fsp3) is 0.0870. The van der Waals surface area contributed by atoms with Crippen LogP contribution >= 0.6 is 46.0 Å². The van der Waals surface area contributed by atoms with Gasteiger partial charge in [0.05, 0.1) is 29.5 Å². The third kappa shape index (κ3) is 4.78. The van der Waals surface area contributed by atoms with Crippen LogP contribution in [0.25, 0.3) is 16.6 Å². The number of fused-ring (bicyclic) bond motifs is 1. The van der Waals surface area contributed by atoms with E-state index in [0.717, 1.165) is 3.57 Å². The average molecular weight is 563 g/mol. The number of aromatic nitrogens is 2. The Morgan fingerprint density at radius 2 is 1.81 bits per heavy atom. The number of hydrogen-bond acceptors (Lipinski definition) is 5. The molecule has 5 nitrogen and oxygen atoms in total. The Balaban J connectivity index is 1.76. The van der Waals surface area contributed by atoms with Gasteiger partial charge in [-0.2, -0.15) is 0 Å². The van der Waals surface area contributed by atoms with Gasteiger partial charge in [0.15, 0.2) is 10.9 Å². The molecule has 1 heterocycles. The van der Waals surface area contributed by atoms with Gasteiger partial charge in [0.1, 0.15) is 5.75 Å². The molecule has 0 aliphatic heterocycles. The lowest BCUT2D eigenvalue weighted by atomic mass is 10.1. The van der Waals surface area contributed by atoms with E-state index in [2.05, 4.69) is 22.6 Å². The second-order valence-corrected chi connectivity index (χ2v) is 9.24. The SMILES string of the molecule is COc1ccc(-n2c(SCC(=O)c3ccc(Cl)cc3)nc3ccc(I)cc3c2=O)cc1. The number of carbonyl (C=O) groups excluding carboxylic acids is 1. The molecule has 0 aliphatic carbocycles. The van der Waals surface area contributed by atoms with Crippen LogP contribution in [0.2, 0.25) is 5.02 Å². The summed E-state index contributed by atoms with van der Waals surface area (Å²) in [4.78, 5) is 30.7. The average Bonchev–Trinajstić information content (AvgIpc) is 2.78. The van der Waals surface area contributed by atoms with Gasteiger partial charge in [0.25, 0.3) is 5.56 Å². The number of carbonyl (C=O) groups is 1. The van der Waals surface area contributed by atoms with Gasteiger partial charge in [-0.25, -0.2) is 4.98 Å². The minimum absolute atomic E-state index is 0.0695. The quantitative estimate of drug-likeness (QED) is 0.132. The number of nitrogens with zero attached hydrogens (tertiary/aromatic N) is 2. The van der Waals surface area contributed by atoms with Crippen molar-refractivity contribution in [2.24, 2.45) is 0 Å². The summed E-state index contributed by atoms with van der Waals surface area (Å²) in [6.45, 7) is 0. The summed E-state index contributed by atoms with van der Waals surface area (Å²) in [7, 11) is 1.59. The first-order valence-corrected chi connectivity index (χ1v) is 11.7. The van der Waals surface area contributed by atoms with E-state index >= 15 is 0 Å². The molecular formula is C23H16ClIN2O3S. The standard InChI is InChI=1S/C23H16ClIN2O3S/c1-30-18-9-7-17(8-10-18)27-22(29)19-12-16(25)6-11-20(19)26-23(27)31-13-21(28)14-2-4-15(24)5-3-14/h2-12H,13H2,1H3. The predicted octanol–water partition coefficient (Wildman–Crippen LogP) is 5.63. The molecule has 4 aromatic rings. The van der Waals surface area contributed by atoms with Crippen molar-refractivity contribution in [2.75, 3.05) is 12.9 Å². The normalized spacial score (nSPS) is 10.9. The summed E-state index contributed by atoms with van der Waals surface area (Å²) in [5, 5.41) is 1.55. The third-order valence-corrected chi connectivity index (χ3v) is 6.49. The Hall–Kier alpha value is -2.36. The predicted molar refractivity (Wildman–Crippen MR) is 133 cm³/mol. The Kier molecular flexibility index (Phi) is 6.64. The molecule has 4 rings (SSSR count). The van der Waals surface area contributed by atoms with Crippen LogP contribution in [0.15, 0.2) is 76.7 Å². The maximum atomic E-state index is 13.4. The highest BCUT2D eigenvalue weighted by Gasteiger charge is 2.16. The molecule has 0 atom stereocenters. The third-order valence-electron chi connectivity index (χ3n) is 4.63. The summed E-state index contributed by atoms with van der Waals surface area (Å²) in [6, 6.07) is 19.5. The van der Waals surface area contributed by atoms with Gasteiger partial charge in [-0.05, 0) is 89.3 Å². The van der Waals surface area contributed by atoms with Gasteiger partial charge in [0.2, 0.25) is 0 Å². The number of ketones is 1. The molecule has 156 valence electrons. The molecule has 0 radical (unpaired) electrons. The Labute approximate surface area is 201 Å². The number of halogens is 2. The lowest BCUT2D eigenvalue weighted by Gasteiger charge is -2.13. The zero-order valence-corrected chi connectivity index (χ0v) is 20.1. The maximum absolute atomic E-state index is 13.4. The molecule has 0 amide bonds. The molecule has 0 saturated heterocycles. The van der Waals surface area contributed by atoms with E-state index in [4.69, 9.17) is 21.3 Å². The van der Waals surface area contributed by atoms with Crippen LogP contribution in [-0.2, 0) is 0 Å². The number of methoxy groups -OCH3 is 1. The van der Waals surface area contributed by atoms with Crippen molar-refractivity contribution < 1.29 is 9.53 Å². The van der Waals surface area contributed by atoms with Crippen molar-refractivity contribution in [1.29, 1.82) is 0 Å². The van der Waals surface area contributed by atoms with Crippen LogP contribution in [0.3, 0.4) is 0 Å². The lowest BCUT2D eigenvalue weighted by Crippen LogP contribution is -2.22. The van der Waals surface area contributed by atoms with Crippen LogP contribution in [0.4, 0.5) is 0 Å². The van der Waals surface area contributed by atoms with E-state index in [1.54, 1.807) is 55.6 Å². The van der Waals surface area contributed by atoms with Crippen LogP contribution in [0.1, 0.15) is 10.4 Å². The number of thioether (sulfide) groups is 1. The number of hydrogen-bond donors (Lipinski definition) is 0. The topological polar surface area (TPSA) is 61.2 Å². The van der Waals surface area contributed by atoms with E-state index in [0.29, 0.717) is 38.1 Å². The Morgan fingerprint density at radius 3 is 2.48 bits per heavy atom. The number of rotatable bonds is 6. The van der Waals surface area contributed by atoms with Crippen LogP contribution in [-0.4, -0.2) is 28.2 Å². The molecule has 3 aromatic carbocycles. The first-order valence-electron chi connectivity index (χ1n) is 9.24. The van der Waals surface area contributed by atoms with Crippen molar-refractivity contribution in [2.45, 2.75) is 5.16 Å². The number of ether oxygens (including phenoxy) is 1. The zero-order valence-electron chi connectivity index (χ0n) is 16.3. The van der Waals surface area contributed by atoms with Gasteiger partial charge in [0, 0.05) is 14.2 Å². The molecule has 0 fully saturated rings.